The lowest BCUT2D eigenvalue weighted by atomic mass is 10.1. The molecule has 1 fully saturated rings. The zero-order valence-electron chi connectivity index (χ0n) is 22.6. The van der Waals surface area contributed by atoms with Gasteiger partial charge in [-0.2, -0.15) is 5.10 Å². The van der Waals surface area contributed by atoms with Gasteiger partial charge in [-0.1, -0.05) is 36.0 Å². The average Bonchev–Trinajstić information content (AvgIpc) is 3.44. The number of methoxy groups -OCH3 is 1. The summed E-state index contributed by atoms with van der Waals surface area (Å²) < 4.78 is 48.0. The van der Waals surface area contributed by atoms with Gasteiger partial charge in [0.05, 0.1) is 19.0 Å². The molecule has 5 rings (SSSR count). The van der Waals surface area contributed by atoms with Gasteiger partial charge in [0.25, 0.3) is 0 Å². The summed E-state index contributed by atoms with van der Waals surface area (Å²) in [6.07, 6.45) is -0.480. The number of halogens is 3. The van der Waals surface area contributed by atoms with Gasteiger partial charge in [0.1, 0.15) is 17.8 Å². The summed E-state index contributed by atoms with van der Waals surface area (Å²) in [5.74, 6) is 2.00. The van der Waals surface area contributed by atoms with E-state index in [1.54, 1.807) is 25.1 Å². The third-order valence-electron chi connectivity index (χ3n) is 6.30. The lowest BCUT2D eigenvalue weighted by molar-refractivity contribution is -0.274. The summed E-state index contributed by atoms with van der Waals surface area (Å²) in [6, 6.07) is 17.0. The van der Waals surface area contributed by atoms with Crippen LogP contribution in [-0.2, 0) is 0 Å². The van der Waals surface area contributed by atoms with Gasteiger partial charge >= 0.3 is 6.36 Å². The number of hydrogen-bond acceptors (Lipinski definition) is 7. The monoisotopic (exact) mass is 580 g/mol. The van der Waals surface area contributed by atoms with E-state index >= 15 is 0 Å². The Morgan fingerprint density at radius 3 is 2.34 bits per heavy atom. The SMILES string of the molecule is COc1cc(C)c(N2CCCSC2=NN=Cc2ccc(-c3ncn(-c4ccc(OC(F)(F)F)cc4)n3)cc2)c(C)c1. The van der Waals surface area contributed by atoms with Gasteiger partial charge in [-0.05, 0) is 73.4 Å². The lowest BCUT2D eigenvalue weighted by Gasteiger charge is -2.31. The molecule has 0 saturated carbocycles. The molecule has 1 aliphatic rings. The van der Waals surface area contributed by atoms with Crippen molar-refractivity contribution in [3.8, 4) is 28.6 Å². The molecule has 0 spiro atoms. The maximum atomic E-state index is 12.4. The third-order valence-corrected chi connectivity index (χ3v) is 7.36. The molecule has 0 N–H and O–H groups in total. The van der Waals surface area contributed by atoms with E-state index in [0.29, 0.717) is 11.5 Å². The summed E-state index contributed by atoms with van der Waals surface area (Å²) in [7, 11) is 1.67. The van der Waals surface area contributed by atoms with Crippen LogP contribution >= 0.6 is 11.8 Å². The summed E-state index contributed by atoms with van der Waals surface area (Å²) in [6.45, 7) is 5.02. The van der Waals surface area contributed by atoms with Gasteiger partial charge in [0, 0.05) is 23.5 Å². The van der Waals surface area contributed by atoms with Crippen LogP contribution in [0.3, 0.4) is 0 Å². The smallest absolute Gasteiger partial charge is 0.497 e. The zero-order valence-corrected chi connectivity index (χ0v) is 23.4. The Balaban J connectivity index is 1.27. The quantitative estimate of drug-likeness (QED) is 0.177. The minimum Gasteiger partial charge on any atom is -0.497 e. The largest absolute Gasteiger partial charge is 0.573 e. The molecule has 4 aromatic rings. The molecular weight excluding hydrogens is 553 g/mol. The van der Waals surface area contributed by atoms with E-state index in [2.05, 4.69) is 43.8 Å². The lowest BCUT2D eigenvalue weighted by Crippen LogP contribution is -2.35. The molecule has 0 unspecified atom stereocenters. The fourth-order valence-corrected chi connectivity index (χ4v) is 5.39. The zero-order chi connectivity index (χ0) is 29.0. The molecule has 8 nitrogen and oxygen atoms in total. The molecule has 1 saturated heterocycles. The van der Waals surface area contributed by atoms with Crippen LogP contribution in [0.2, 0.25) is 0 Å². The maximum absolute atomic E-state index is 12.4. The number of alkyl halides is 3. The fourth-order valence-electron chi connectivity index (χ4n) is 4.49. The first-order chi connectivity index (χ1) is 19.7. The first-order valence-electron chi connectivity index (χ1n) is 12.7. The van der Waals surface area contributed by atoms with Gasteiger partial charge in [-0.3, -0.25) is 0 Å². The Morgan fingerprint density at radius 2 is 1.68 bits per heavy atom. The maximum Gasteiger partial charge on any atom is 0.573 e. The van der Waals surface area contributed by atoms with Crippen molar-refractivity contribution in [2.24, 2.45) is 10.2 Å². The normalized spacial score (nSPS) is 15.1. The van der Waals surface area contributed by atoms with Crippen LogP contribution in [0.4, 0.5) is 18.9 Å². The number of aryl methyl sites for hydroxylation is 2. The second kappa shape index (κ2) is 12.0. The number of aromatic nitrogens is 3. The molecule has 1 aromatic heterocycles. The Kier molecular flexibility index (Phi) is 8.29. The number of nitrogens with zero attached hydrogens (tertiary/aromatic N) is 6. The summed E-state index contributed by atoms with van der Waals surface area (Å²) >= 11 is 1.69. The highest BCUT2D eigenvalue weighted by Gasteiger charge is 2.31. The predicted molar refractivity (Wildman–Crippen MR) is 155 cm³/mol. The highest BCUT2D eigenvalue weighted by atomic mass is 32.2. The molecular formula is C29H27F3N6O2S. The van der Waals surface area contributed by atoms with Crippen LogP contribution in [0.25, 0.3) is 17.1 Å². The highest BCUT2D eigenvalue weighted by Crippen LogP contribution is 2.33. The molecule has 1 aliphatic heterocycles. The minimum atomic E-state index is -4.74. The minimum absolute atomic E-state index is 0.301. The van der Waals surface area contributed by atoms with Gasteiger partial charge in [0.15, 0.2) is 11.0 Å². The summed E-state index contributed by atoms with van der Waals surface area (Å²) in [5, 5.41) is 14.2. The van der Waals surface area contributed by atoms with Gasteiger partial charge in [0.2, 0.25) is 0 Å². The number of benzene rings is 3. The number of amidine groups is 1. The summed E-state index contributed by atoms with van der Waals surface area (Å²) in [4.78, 5) is 6.55. The second-order valence-corrected chi connectivity index (χ2v) is 10.3. The Hall–Kier alpha value is -4.32. The van der Waals surface area contributed by atoms with Crippen molar-refractivity contribution in [3.05, 3.63) is 83.7 Å². The second-order valence-electron chi connectivity index (χ2n) is 9.27. The van der Waals surface area contributed by atoms with Crippen LogP contribution < -0.4 is 14.4 Å². The van der Waals surface area contributed by atoms with Crippen LogP contribution in [0.5, 0.6) is 11.5 Å². The average molecular weight is 581 g/mol. The van der Waals surface area contributed by atoms with Crippen molar-refractivity contribution in [2.45, 2.75) is 26.6 Å². The first kappa shape index (κ1) is 28.2. The standard InChI is InChI=1S/C29H27F3N6O2S/c1-19-15-25(39-3)16-20(2)26(19)37-13-4-14-41-28(37)35-34-17-21-5-7-22(8-6-21)27-33-18-38(36-27)23-9-11-24(12-10-23)40-29(30,31)32/h5-12,15-18H,4,13-14H2,1-3H3. The predicted octanol–water partition coefficient (Wildman–Crippen LogP) is 6.79. The molecule has 0 radical (unpaired) electrons. The highest BCUT2D eigenvalue weighted by molar-refractivity contribution is 8.14. The van der Waals surface area contributed by atoms with Crippen LogP contribution in [0.15, 0.2) is 77.2 Å². The third kappa shape index (κ3) is 6.88. The van der Waals surface area contributed by atoms with E-state index in [9.17, 15) is 13.2 Å². The van der Waals surface area contributed by atoms with E-state index in [4.69, 9.17) is 4.74 Å². The van der Waals surface area contributed by atoms with Crippen molar-refractivity contribution in [1.82, 2.24) is 14.8 Å². The number of thioether (sulfide) groups is 1. The van der Waals surface area contributed by atoms with Crippen molar-refractivity contribution in [3.63, 3.8) is 0 Å². The van der Waals surface area contributed by atoms with E-state index < -0.39 is 6.36 Å². The molecule has 12 heteroatoms. The Morgan fingerprint density at radius 1 is 0.976 bits per heavy atom. The van der Waals surface area contributed by atoms with E-state index in [1.165, 1.54) is 35.3 Å². The Labute approximate surface area is 239 Å². The Bertz CT molecular complexity index is 1540. The number of hydrogen-bond donors (Lipinski definition) is 0. The topological polar surface area (TPSA) is 77.1 Å². The van der Waals surface area contributed by atoms with Crippen LogP contribution in [-0.4, -0.2) is 51.9 Å². The molecule has 212 valence electrons. The molecule has 0 bridgehead atoms. The first-order valence-corrected chi connectivity index (χ1v) is 13.7. The molecule has 2 heterocycles. The molecule has 3 aromatic carbocycles. The van der Waals surface area contributed by atoms with Crippen LogP contribution in [0, 0.1) is 13.8 Å². The van der Waals surface area contributed by atoms with E-state index in [-0.39, 0.29) is 5.75 Å². The van der Waals surface area contributed by atoms with E-state index in [0.717, 1.165) is 57.6 Å². The van der Waals surface area contributed by atoms with E-state index in [1.807, 2.05) is 36.4 Å². The number of rotatable bonds is 7. The van der Waals surface area contributed by atoms with Crippen molar-refractivity contribution in [2.75, 3.05) is 24.3 Å². The number of ether oxygens (including phenoxy) is 2. The molecule has 0 atom stereocenters. The van der Waals surface area contributed by atoms with Crippen molar-refractivity contribution in [1.29, 1.82) is 0 Å². The summed E-state index contributed by atoms with van der Waals surface area (Å²) in [5.41, 5.74) is 5.58. The van der Waals surface area contributed by atoms with Gasteiger partial charge < -0.3 is 14.4 Å². The fraction of sp³-hybridized carbons (Fsp3) is 0.241. The van der Waals surface area contributed by atoms with Gasteiger partial charge in [-0.15, -0.1) is 23.4 Å². The number of anilines is 1. The molecule has 0 aliphatic carbocycles. The van der Waals surface area contributed by atoms with Crippen molar-refractivity contribution < 1.29 is 22.6 Å². The molecule has 0 amide bonds. The van der Waals surface area contributed by atoms with Gasteiger partial charge in [-0.25, -0.2) is 9.67 Å². The van der Waals surface area contributed by atoms with Crippen LogP contribution in [0.1, 0.15) is 23.1 Å². The van der Waals surface area contributed by atoms with Crippen molar-refractivity contribution >= 4 is 28.8 Å². The molecule has 41 heavy (non-hydrogen) atoms.